The van der Waals surface area contributed by atoms with Crippen LogP contribution in [0.25, 0.3) is 0 Å². The van der Waals surface area contributed by atoms with Crippen LogP contribution in [0.1, 0.15) is 31.8 Å². The number of fused-ring (bicyclic) bond motifs is 1. The Morgan fingerprint density at radius 1 is 0.905 bits per heavy atom. The lowest BCUT2D eigenvalue weighted by Crippen LogP contribution is -2.29. The summed E-state index contributed by atoms with van der Waals surface area (Å²) in [4.78, 5) is 25.9. The van der Waals surface area contributed by atoms with Gasteiger partial charge in [-0.1, -0.05) is 36.4 Å². The van der Waals surface area contributed by atoms with Crippen LogP contribution in [0.5, 0.6) is 0 Å². The first kappa shape index (κ1) is 13.5. The van der Waals surface area contributed by atoms with Crippen LogP contribution >= 0.6 is 0 Å². The van der Waals surface area contributed by atoms with Crippen molar-refractivity contribution in [2.75, 3.05) is 7.11 Å². The number of hydrogen-bond acceptors (Lipinski definition) is 3. The summed E-state index contributed by atoms with van der Waals surface area (Å²) in [5.41, 5.74) is 2.90. The Labute approximate surface area is 123 Å². The lowest BCUT2D eigenvalue weighted by atomic mass is 10.1. The molecule has 0 unspecified atom stereocenters. The van der Waals surface area contributed by atoms with E-state index in [1.807, 2.05) is 24.3 Å². The number of carbonyl (C=O) groups is 2. The summed E-state index contributed by atoms with van der Waals surface area (Å²) in [6.45, 7) is 0.792. The Hall–Kier alpha value is -2.46. The van der Waals surface area contributed by atoms with Gasteiger partial charge in [0.1, 0.15) is 0 Å². The van der Waals surface area contributed by atoms with E-state index < -0.39 is 0 Å². The molecular weight excluding hydrogens is 266 g/mol. The minimum absolute atomic E-state index is 0.229. The van der Waals surface area contributed by atoms with Gasteiger partial charge in [-0.25, -0.2) is 0 Å². The van der Waals surface area contributed by atoms with Crippen molar-refractivity contribution in [3.05, 3.63) is 70.8 Å². The maximum atomic E-state index is 12.3. The van der Waals surface area contributed by atoms with Crippen molar-refractivity contribution in [1.82, 2.24) is 4.90 Å². The van der Waals surface area contributed by atoms with Gasteiger partial charge in [0.05, 0.1) is 24.3 Å². The molecular formula is C17H15NO3. The fourth-order valence-corrected chi connectivity index (χ4v) is 2.55. The highest BCUT2D eigenvalue weighted by Crippen LogP contribution is 2.24. The fourth-order valence-electron chi connectivity index (χ4n) is 2.55. The molecule has 1 heterocycles. The number of methoxy groups -OCH3 is 1. The van der Waals surface area contributed by atoms with Crippen LogP contribution in [0.3, 0.4) is 0 Å². The second-order valence-electron chi connectivity index (χ2n) is 4.99. The van der Waals surface area contributed by atoms with Crippen LogP contribution in [0.4, 0.5) is 0 Å². The number of imide groups is 1. The average molecular weight is 281 g/mol. The molecule has 3 rings (SSSR count). The molecule has 2 aromatic carbocycles. The maximum absolute atomic E-state index is 12.3. The van der Waals surface area contributed by atoms with E-state index >= 15 is 0 Å². The molecule has 0 fully saturated rings. The Morgan fingerprint density at radius 2 is 1.52 bits per heavy atom. The third-order valence-electron chi connectivity index (χ3n) is 3.52. The van der Waals surface area contributed by atoms with E-state index in [-0.39, 0.29) is 18.4 Å². The van der Waals surface area contributed by atoms with E-state index in [0.717, 1.165) is 11.1 Å². The number of amides is 2. The topological polar surface area (TPSA) is 46.6 Å². The molecule has 0 saturated heterocycles. The average Bonchev–Trinajstić information content (AvgIpc) is 2.74. The van der Waals surface area contributed by atoms with Gasteiger partial charge in [0, 0.05) is 7.11 Å². The lowest BCUT2D eigenvalue weighted by molar-refractivity contribution is 0.0642. The summed E-state index contributed by atoms with van der Waals surface area (Å²) in [5, 5.41) is 0. The number of carbonyl (C=O) groups excluding carboxylic acids is 2. The minimum atomic E-state index is -0.229. The first-order valence-electron chi connectivity index (χ1n) is 6.72. The number of nitrogens with zero attached hydrogens (tertiary/aromatic N) is 1. The molecule has 1 aliphatic heterocycles. The molecule has 2 aromatic rings. The first-order valence-corrected chi connectivity index (χ1v) is 6.72. The van der Waals surface area contributed by atoms with E-state index in [1.54, 1.807) is 31.4 Å². The van der Waals surface area contributed by atoms with Gasteiger partial charge in [-0.3, -0.25) is 14.5 Å². The highest BCUT2D eigenvalue weighted by molar-refractivity contribution is 6.21. The van der Waals surface area contributed by atoms with Crippen molar-refractivity contribution < 1.29 is 14.3 Å². The number of ether oxygens (including phenoxy) is 1. The molecule has 0 aliphatic carbocycles. The van der Waals surface area contributed by atoms with E-state index in [1.165, 1.54) is 4.90 Å². The Balaban J connectivity index is 1.85. The van der Waals surface area contributed by atoms with Crippen LogP contribution in [0.15, 0.2) is 48.5 Å². The molecule has 106 valence electrons. The van der Waals surface area contributed by atoms with Gasteiger partial charge in [0.2, 0.25) is 0 Å². The zero-order valence-electron chi connectivity index (χ0n) is 11.7. The van der Waals surface area contributed by atoms with Crippen LogP contribution in [-0.4, -0.2) is 23.8 Å². The highest BCUT2D eigenvalue weighted by Gasteiger charge is 2.34. The van der Waals surface area contributed by atoms with Crippen LogP contribution in [0.2, 0.25) is 0 Å². The van der Waals surface area contributed by atoms with E-state index in [2.05, 4.69) is 0 Å². The van der Waals surface area contributed by atoms with Crippen molar-refractivity contribution in [3.8, 4) is 0 Å². The van der Waals surface area contributed by atoms with E-state index in [0.29, 0.717) is 17.7 Å². The van der Waals surface area contributed by atoms with Gasteiger partial charge in [-0.2, -0.15) is 0 Å². The second-order valence-corrected chi connectivity index (χ2v) is 4.99. The third kappa shape index (κ3) is 2.45. The monoisotopic (exact) mass is 281 g/mol. The quantitative estimate of drug-likeness (QED) is 0.809. The normalized spacial score (nSPS) is 13.7. The highest BCUT2D eigenvalue weighted by atomic mass is 16.5. The van der Waals surface area contributed by atoms with Crippen molar-refractivity contribution in [2.24, 2.45) is 0 Å². The zero-order valence-corrected chi connectivity index (χ0v) is 11.7. The van der Waals surface area contributed by atoms with Crippen molar-refractivity contribution in [1.29, 1.82) is 0 Å². The van der Waals surface area contributed by atoms with Crippen molar-refractivity contribution in [3.63, 3.8) is 0 Å². The Morgan fingerprint density at radius 3 is 2.14 bits per heavy atom. The molecule has 0 saturated carbocycles. The molecule has 4 heteroatoms. The SMILES string of the molecule is COCc1cccc(CN2C(=O)c3ccccc3C2=O)c1. The standard InChI is InChI=1S/C17H15NO3/c1-21-11-13-6-4-5-12(9-13)10-18-16(19)14-7-2-3-8-15(14)17(18)20/h2-9H,10-11H2,1H3. The van der Waals surface area contributed by atoms with E-state index in [9.17, 15) is 9.59 Å². The second kappa shape index (κ2) is 5.50. The van der Waals surface area contributed by atoms with Gasteiger partial charge in [-0.15, -0.1) is 0 Å². The smallest absolute Gasteiger partial charge is 0.261 e. The van der Waals surface area contributed by atoms with Gasteiger partial charge < -0.3 is 4.74 Å². The predicted molar refractivity (Wildman–Crippen MR) is 77.8 cm³/mol. The van der Waals surface area contributed by atoms with Gasteiger partial charge >= 0.3 is 0 Å². The lowest BCUT2D eigenvalue weighted by Gasteiger charge is -2.14. The number of rotatable bonds is 4. The number of benzene rings is 2. The summed E-state index contributed by atoms with van der Waals surface area (Å²) in [6, 6.07) is 14.6. The van der Waals surface area contributed by atoms with Gasteiger partial charge in [0.25, 0.3) is 11.8 Å². The molecule has 0 radical (unpaired) electrons. The Bertz CT molecular complexity index is 674. The Kier molecular flexibility index (Phi) is 3.54. The fraction of sp³-hybridized carbons (Fsp3) is 0.176. The van der Waals surface area contributed by atoms with E-state index in [4.69, 9.17) is 4.74 Å². The molecule has 0 aromatic heterocycles. The van der Waals surface area contributed by atoms with Crippen LogP contribution in [-0.2, 0) is 17.9 Å². The summed E-state index contributed by atoms with van der Waals surface area (Å²) >= 11 is 0. The van der Waals surface area contributed by atoms with Crippen LogP contribution in [0, 0.1) is 0 Å². The summed E-state index contributed by atoms with van der Waals surface area (Å²) in [5.74, 6) is -0.458. The van der Waals surface area contributed by atoms with Crippen molar-refractivity contribution >= 4 is 11.8 Å². The predicted octanol–water partition coefficient (Wildman–Crippen LogP) is 2.63. The first-order chi connectivity index (χ1) is 10.2. The van der Waals surface area contributed by atoms with Crippen LogP contribution < -0.4 is 0 Å². The summed E-state index contributed by atoms with van der Waals surface area (Å²) in [7, 11) is 1.64. The molecule has 0 atom stereocenters. The van der Waals surface area contributed by atoms with Crippen molar-refractivity contribution in [2.45, 2.75) is 13.2 Å². The number of hydrogen-bond donors (Lipinski definition) is 0. The molecule has 1 aliphatic rings. The molecule has 21 heavy (non-hydrogen) atoms. The molecule has 0 bridgehead atoms. The maximum Gasteiger partial charge on any atom is 0.261 e. The van der Waals surface area contributed by atoms with Gasteiger partial charge in [0.15, 0.2) is 0 Å². The molecule has 2 amide bonds. The molecule has 0 spiro atoms. The molecule has 0 N–H and O–H groups in total. The summed E-state index contributed by atoms with van der Waals surface area (Å²) < 4.78 is 5.10. The van der Waals surface area contributed by atoms with Gasteiger partial charge in [-0.05, 0) is 23.3 Å². The zero-order chi connectivity index (χ0) is 14.8. The third-order valence-corrected chi connectivity index (χ3v) is 3.52. The minimum Gasteiger partial charge on any atom is -0.380 e. The summed E-state index contributed by atoms with van der Waals surface area (Å²) in [6.07, 6.45) is 0. The molecule has 4 nitrogen and oxygen atoms in total. The largest absolute Gasteiger partial charge is 0.380 e.